The molecule has 0 saturated carbocycles. The minimum Gasteiger partial charge on any atom is -0.512 e. The zero-order chi connectivity index (χ0) is 30.9. The maximum Gasteiger partial charge on any atom is 0.155 e. The van der Waals surface area contributed by atoms with Crippen molar-refractivity contribution in [2.45, 2.75) is 53.3 Å². The van der Waals surface area contributed by atoms with E-state index in [1.165, 1.54) is 67.4 Å². The Bertz CT molecular complexity index is 1980. The number of carbonyl (C=O) groups excluding carboxylic acids is 1. The van der Waals surface area contributed by atoms with E-state index in [-0.39, 0.29) is 31.6 Å². The molecule has 3 nitrogen and oxygen atoms in total. The number of carbonyl (C=O) groups is 1. The van der Waals surface area contributed by atoms with Crippen molar-refractivity contribution in [2.75, 3.05) is 0 Å². The molecule has 0 spiro atoms. The van der Waals surface area contributed by atoms with Gasteiger partial charge in [-0.2, -0.15) is 0 Å². The first-order chi connectivity index (χ1) is 20.4. The van der Waals surface area contributed by atoms with Gasteiger partial charge in [-0.1, -0.05) is 104 Å². The molecule has 0 bridgehead atoms. The smallest absolute Gasteiger partial charge is 0.155 e. The summed E-state index contributed by atoms with van der Waals surface area (Å²) in [5, 5.41) is 14.8. The van der Waals surface area contributed by atoms with Crippen LogP contribution in [-0.4, -0.2) is 23.9 Å². The van der Waals surface area contributed by atoms with Crippen molar-refractivity contribution >= 4 is 61.3 Å². The number of nitrogens with zero attached hydrogens (tertiary/aromatic N) is 1. The second-order valence-electron chi connectivity index (χ2n) is 12.4. The standard InChI is InChI=1S/C33H30NSSi.C5H8O2.Ir/c1-21(2)29-19-25(18-24-8-6-7-9-27(24)29)33-32-28-15-12-23(20-31(28)35-30(32)16-17-34-33)22-10-13-26(14-11-22)36(3,4)5;1-4(6)3-5(2)7;/h6-17,19-21H,1-5H3;3,6H,1-2H3;/q-1;;/b;4-3-;. The molecule has 6 aromatic rings. The Morgan fingerprint density at radius 2 is 1.57 bits per heavy atom. The monoisotopic (exact) mass is 793 g/mol. The minimum absolute atomic E-state index is 0. The van der Waals surface area contributed by atoms with Gasteiger partial charge in [0.25, 0.3) is 0 Å². The van der Waals surface area contributed by atoms with E-state index in [0.717, 1.165) is 16.6 Å². The van der Waals surface area contributed by atoms with Crippen LogP contribution in [0.4, 0.5) is 0 Å². The third-order valence-corrected chi connectivity index (χ3v) is 10.7. The van der Waals surface area contributed by atoms with Crippen LogP contribution in [0.1, 0.15) is 39.2 Å². The Hall–Kier alpha value is -3.41. The number of fused-ring (bicyclic) bond motifs is 4. The first kappa shape index (κ1) is 33.5. The molecule has 6 rings (SSSR count). The molecule has 6 heteroatoms. The second kappa shape index (κ2) is 13.7. The average Bonchev–Trinajstić information content (AvgIpc) is 3.34. The van der Waals surface area contributed by atoms with Gasteiger partial charge in [0.15, 0.2) is 5.78 Å². The van der Waals surface area contributed by atoms with Crippen molar-refractivity contribution < 1.29 is 30.0 Å². The van der Waals surface area contributed by atoms with Gasteiger partial charge in [-0.05, 0) is 53.8 Å². The molecule has 4 aromatic carbocycles. The second-order valence-corrected chi connectivity index (χ2v) is 18.6. The molecular weight excluding hydrogens is 755 g/mol. The van der Waals surface area contributed by atoms with Crippen LogP contribution in [0.15, 0.2) is 96.9 Å². The number of hydrogen-bond acceptors (Lipinski definition) is 4. The zero-order valence-corrected chi connectivity index (χ0v) is 30.5. The SMILES string of the molecule is CC(=O)/C=C(/C)O.CC(C)c1cc(-c2nccc3sc4cc(-c5ccc([Si](C)(C)C)cc5)ccc4c23)[c-]c2ccccc12.[Ir]. The molecule has 2 heterocycles. The maximum absolute atomic E-state index is 10.0. The Labute approximate surface area is 279 Å². The fourth-order valence-corrected chi connectivity index (χ4v) is 7.73. The van der Waals surface area contributed by atoms with E-state index in [1.807, 2.05) is 17.5 Å². The Morgan fingerprint density at radius 1 is 0.886 bits per heavy atom. The summed E-state index contributed by atoms with van der Waals surface area (Å²) in [5.74, 6) is 0.365. The van der Waals surface area contributed by atoms with Crippen LogP contribution in [0.25, 0.3) is 53.3 Å². The first-order valence-electron chi connectivity index (χ1n) is 14.7. The maximum atomic E-state index is 10.0. The molecule has 0 unspecified atom stereocenters. The molecule has 0 aliphatic rings. The summed E-state index contributed by atoms with van der Waals surface area (Å²) >= 11 is 1.85. The van der Waals surface area contributed by atoms with Crippen molar-refractivity contribution in [3.8, 4) is 22.4 Å². The van der Waals surface area contributed by atoms with Gasteiger partial charge in [0.05, 0.1) is 13.8 Å². The Kier molecular flexibility index (Phi) is 10.4. The van der Waals surface area contributed by atoms with E-state index < -0.39 is 8.07 Å². The molecule has 0 aliphatic carbocycles. The average molecular weight is 793 g/mol. The molecule has 0 saturated heterocycles. The number of pyridine rings is 1. The van der Waals surface area contributed by atoms with Gasteiger partial charge >= 0.3 is 0 Å². The van der Waals surface area contributed by atoms with E-state index in [0.29, 0.717) is 5.92 Å². The largest absolute Gasteiger partial charge is 0.512 e. The van der Waals surface area contributed by atoms with E-state index in [1.54, 1.807) is 0 Å². The quantitative estimate of drug-likeness (QED) is 0.0819. The van der Waals surface area contributed by atoms with Crippen LogP contribution in [0.3, 0.4) is 0 Å². The summed E-state index contributed by atoms with van der Waals surface area (Å²) in [6, 6.07) is 32.8. The van der Waals surface area contributed by atoms with E-state index >= 15 is 0 Å². The van der Waals surface area contributed by atoms with Crippen LogP contribution >= 0.6 is 11.3 Å². The van der Waals surface area contributed by atoms with Gasteiger partial charge in [-0.3, -0.25) is 9.78 Å². The van der Waals surface area contributed by atoms with Gasteiger partial charge < -0.3 is 5.11 Å². The number of benzene rings is 4. The third kappa shape index (κ3) is 7.27. The van der Waals surface area contributed by atoms with Crippen LogP contribution in [0.5, 0.6) is 0 Å². The fraction of sp³-hybridized carbons (Fsp3) is 0.211. The topological polar surface area (TPSA) is 50.2 Å². The van der Waals surface area contributed by atoms with Crippen molar-refractivity contribution in [1.82, 2.24) is 4.98 Å². The van der Waals surface area contributed by atoms with Crippen LogP contribution in [0, 0.1) is 6.07 Å². The van der Waals surface area contributed by atoms with Gasteiger partial charge in [-0.15, -0.1) is 40.5 Å². The number of thiophene rings is 1. The molecule has 0 aliphatic heterocycles. The van der Waals surface area contributed by atoms with Crippen molar-refractivity contribution in [3.05, 3.63) is 109 Å². The molecule has 1 N–H and O–H groups in total. The predicted octanol–water partition coefficient (Wildman–Crippen LogP) is 10.4. The van der Waals surface area contributed by atoms with E-state index in [2.05, 4.69) is 118 Å². The normalized spacial score (nSPS) is 11.9. The van der Waals surface area contributed by atoms with Crippen LogP contribution in [0.2, 0.25) is 19.6 Å². The summed E-state index contributed by atoms with van der Waals surface area (Å²) < 4.78 is 2.57. The van der Waals surface area contributed by atoms with Crippen molar-refractivity contribution in [1.29, 1.82) is 0 Å². The summed E-state index contributed by atoms with van der Waals surface area (Å²) in [5.41, 5.74) is 6.00. The van der Waals surface area contributed by atoms with E-state index in [4.69, 9.17) is 10.1 Å². The number of rotatable bonds is 5. The number of aliphatic hydroxyl groups excluding tert-OH is 1. The van der Waals surface area contributed by atoms with E-state index in [9.17, 15) is 4.79 Å². The summed E-state index contributed by atoms with van der Waals surface area (Å²) in [4.78, 5) is 14.9. The summed E-state index contributed by atoms with van der Waals surface area (Å²) in [7, 11) is -1.30. The molecule has 2 aromatic heterocycles. The molecule has 0 atom stereocenters. The molecule has 0 amide bonds. The summed E-state index contributed by atoms with van der Waals surface area (Å²) in [6.07, 6.45) is 3.11. The summed E-state index contributed by atoms with van der Waals surface area (Å²) in [6.45, 7) is 14.6. The predicted molar refractivity (Wildman–Crippen MR) is 188 cm³/mol. The Morgan fingerprint density at radius 3 is 2.18 bits per heavy atom. The van der Waals surface area contributed by atoms with Gasteiger partial charge in [-0.25, -0.2) is 0 Å². The van der Waals surface area contributed by atoms with Gasteiger partial charge in [0, 0.05) is 47.5 Å². The van der Waals surface area contributed by atoms with Crippen molar-refractivity contribution in [2.24, 2.45) is 0 Å². The van der Waals surface area contributed by atoms with Crippen molar-refractivity contribution in [3.63, 3.8) is 0 Å². The molecule has 44 heavy (non-hydrogen) atoms. The minimum atomic E-state index is -1.30. The number of aliphatic hydroxyl groups is 1. The number of hydrogen-bond donors (Lipinski definition) is 1. The molecule has 227 valence electrons. The number of ketones is 1. The molecular formula is C38H38IrNO2SSi-. The number of aromatic nitrogens is 1. The van der Waals surface area contributed by atoms with Gasteiger partial charge in [0.2, 0.25) is 0 Å². The zero-order valence-electron chi connectivity index (χ0n) is 26.3. The van der Waals surface area contributed by atoms with Crippen LogP contribution in [-0.2, 0) is 24.9 Å². The van der Waals surface area contributed by atoms with Crippen LogP contribution < -0.4 is 5.19 Å². The number of allylic oxidation sites excluding steroid dienone is 2. The molecule has 1 radical (unpaired) electrons. The molecule has 0 fully saturated rings. The fourth-order valence-electron chi connectivity index (χ4n) is 5.43. The Balaban J connectivity index is 0.000000497. The third-order valence-electron chi connectivity index (χ3n) is 7.56. The van der Waals surface area contributed by atoms with Gasteiger partial charge in [0.1, 0.15) is 0 Å². The first-order valence-corrected chi connectivity index (χ1v) is 19.0.